The molecule has 0 aliphatic carbocycles. The monoisotopic (exact) mass is 337 g/mol. The number of nitrogens with one attached hydrogen (secondary N) is 1. The van der Waals surface area contributed by atoms with Crippen LogP contribution in [0.25, 0.3) is 5.82 Å². The lowest BCUT2D eigenvalue weighted by Gasteiger charge is -2.35. The van der Waals surface area contributed by atoms with Gasteiger partial charge in [0.15, 0.2) is 0 Å². The normalized spacial score (nSPS) is 28.9. The fourth-order valence-electron chi connectivity index (χ4n) is 2.23. The Bertz CT molecular complexity index is 1340. The smallest absolute Gasteiger partial charge is 0.116 e. The maximum absolute atomic E-state index is 8.58. The largest absolute Gasteiger partial charge is 0.355 e. The van der Waals surface area contributed by atoms with Crippen LogP contribution < -0.4 is 15.9 Å². The molecule has 0 amide bonds. The van der Waals surface area contributed by atoms with Gasteiger partial charge in [-0.1, -0.05) is 23.7 Å². The zero-order valence-electron chi connectivity index (χ0n) is 23.1. The van der Waals surface area contributed by atoms with Crippen molar-refractivity contribution in [3.63, 3.8) is 0 Å². The predicted octanol–water partition coefficient (Wildman–Crippen LogP) is 2.03. The summed E-state index contributed by atoms with van der Waals surface area (Å²) in [6.45, 7) is -5.18. The zero-order valence-corrected chi connectivity index (χ0v) is 12.9. The first-order chi connectivity index (χ1) is 15.6. The summed E-state index contributed by atoms with van der Waals surface area (Å²) in [5.41, 5.74) is -0.532. The van der Waals surface area contributed by atoms with Crippen molar-refractivity contribution in [2.45, 2.75) is 0 Å². The summed E-state index contributed by atoms with van der Waals surface area (Å²) in [5, 5.41) is 1.66. The molecule has 118 valence electrons. The topological polar surface area (TPSA) is 30.9 Å². The molecule has 2 aliphatic heterocycles. The van der Waals surface area contributed by atoms with Crippen molar-refractivity contribution >= 4 is 28.8 Å². The van der Waals surface area contributed by atoms with Gasteiger partial charge < -0.3 is 15.1 Å². The Balaban J connectivity index is 2.24. The van der Waals surface area contributed by atoms with Gasteiger partial charge in [-0.3, -0.25) is 0 Å². The van der Waals surface area contributed by atoms with Gasteiger partial charge in [0.05, 0.1) is 31.8 Å². The summed E-state index contributed by atoms with van der Waals surface area (Å²) in [5.74, 6) is -0.380. The second kappa shape index (κ2) is 5.87. The molecule has 2 aliphatic rings. The summed E-state index contributed by atoms with van der Waals surface area (Å²) in [6.07, 6.45) is 0. The molecule has 2 aromatic carbocycles. The fourth-order valence-corrected chi connectivity index (χ4v) is 2.37. The van der Waals surface area contributed by atoms with Gasteiger partial charge in [-0.2, -0.15) is 0 Å². The lowest BCUT2D eigenvalue weighted by Crippen LogP contribution is -2.47. The molecule has 4 nitrogen and oxygen atoms in total. The first-order valence-electron chi connectivity index (χ1n) is 12.3. The molecule has 2 heterocycles. The molecule has 2 aromatic rings. The summed E-state index contributed by atoms with van der Waals surface area (Å²) in [6, 6.07) is -3.94. The number of hydrogen-bond acceptors (Lipinski definition) is 4. The number of nitrogens with zero attached hydrogens (tertiary/aromatic N) is 3. The van der Waals surface area contributed by atoms with E-state index in [0.29, 0.717) is 0 Å². The highest BCUT2D eigenvalue weighted by Gasteiger charge is 2.19. The van der Waals surface area contributed by atoms with Gasteiger partial charge >= 0.3 is 0 Å². The molecule has 0 bridgehead atoms. The Labute approximate surface area is 156 Å². The van der Waals surface area contributed by atoms with Crippen LogP contribution in [0.2, 0.25) is 5.02 Å². The van der Waals surface area contributed by atoms with E-state index in [0.717, 1.165) is 4.90 Å². The molecule has 1 fully saturated rings. The Hall–Kier alpha value is -2.04. The molecule has 1 N–H and O–H groups in total. The van der Waals surface area contributed by atoms with Gasteiger partial charge in [-0.25, -0.2) is 4.99 Å². The average Bonchev–Trinajstić information content (AvgIpc) is 2.89. The van der Waals surface area contributed by atoms with E-state index in [1.54, 1.807) is 7.05 Å². The standard InChI is InChI=1S/C18H19ClN4/c1-22-8-10-23(11-9-22)18-14-4-2-3-5-15(14)20-16-7-6-13(19)12-17(16)21-18/h2-7,12,21H,8-11H2,1H3/i2D,3D,4D,5D,6D,7D,10D2,11D2,12D. The van der Waals surface area contributed by atoms with Crippen LogP contribution in [0.1, 0.15) is 15.1 Å². The van der Waals surface area contributed by atoms with Crippen LogP contribution in [0, 0.1) is 0 Å². The fraction of sp³-hybridized carbons (Fsp3) is 0.278. The summed E-state index contributed by atoms with van der Waals surface area (Å²) in [7, 11) is 1.55. The second-order valence-corrected chi connectivity index (χ2v) is 5.42. The molecule has 23 heavy (non-hydrogen) atoms. The Morgan fingerprint density at radius 2 is 2.00 bits per heavy atom. The maximum Gasteiger partial charge on any atom is 0.116 e. The number of likely N-dealkylation sites (N-methyl/N-ethyl adjacent to an activating group) is 1. The molecule has 0 aromatic heterocycles. The Morgan fingerprint density at radius 3 is 2.83 bits per heavy atom. The van der Waals surface area contributed by atoms with Gasteiger partial charge in [0.25, 0.3) is 0 Å². The molecule has 5 heteroatoms. The Kier molecular flexibility index (Phi) is 1.74. The minimum Gasteiger partial charge on any atom is -0.355 e. The van der Waals surface area contributed by atoms with E-state index in [2.05, 4.69) is 10.3 Å². The van der Waals surface area contributed by atoms with E-state index in [-0.39, 0.29) is 45.9 Å². The van der Waals surface area contributed by atoms with Crippen LogP contribution in [-0.4, -0.2) is 42.9 Å². The van der Waals surface area contributed by atoms with Crippen LogP contribution in [-0.2, 0) is 0 Å². The number of anilines is 1. The molecule has 4 rings (SSSR count). The third-order valence-electron chi connectivity index (χ3n) is 3.35. The molecule has 0 spiro atoms. The third-order valence-corrected chi connectivity index (χ3v) is 3.54. The minimum atomic E-state index is -2.36. The van der Waals surface area contributed by atoms with E-state index in [1.165, 1.54) is 4.90 Å². The molecule has 1 saturated heterocycles. The lowest BCUT2D eigenvalue weighted by atomic mass is 10.2. The number of para-hydroxylation sites is 1. The van der Waals surface area contributed by atoms with Crippen molar-refractivity contribution in [2.24, 2.45) is 4.99 Å². The highest BCUT2D eigenvalue weighted by molar-refractivity contribution is 6.31. The highest BCUT2D eigenvalue weighted by Crippen LogP contribution is 2.30. The number of fused-ring (bicyclic) bond motifs is 2. The van der Waals surface area contributed by atoms with E-state index >= 15 is 0 Å². The van der Waals surface area contributed by atoms with Crippen LogP contribution in [0.4, 0.5) is 11.4 Å². The van der Waals surface area contributed by atoms with Crippen molar-refractivity contribution in [3.8, 4) is 0 Å². The summed E-state index contributed by atoms with van der Waals surface area (Å²) in [4.78, 5) is 6.42. The molecule has 0 radical (unpaired) electrons. The van der Waals surface area contributed by atoms with Crippen molar-refractivity contribution in [1.82, 2.24) is 9.80 Å². The summed E-state index contributed by atoms with van der Waals surface area (Å²) < 4.78 is 92.1. The van der Waals surface area contributed by atoms with Crippen LogP contribution in [0.5, 0.6) is 0 Å². The van der Waals surface area contributed by atoms with E-state index in [4.69, 9.17) is 26.7 Å². The van der Waals surface area contributed by atoms with Crippen LogP contribution in [0.15, 0.2) is 47.3 Å². The van der Waals surface area contributed by atoms with E-state index in [1.807, 2.05) is 0 Å². The SMILES string of the molecule is [2H]c1c([2H])c2c(c([2H])c1Cl)NC(N1C([2H])([2H])CN(C)CC1([2H])[2H])=c1c([2H])c([2H])c([2H])c([2H])c1=N2. The third kappa shape index (κ3) is 2.80. The first kappa shape index (κ1) is 6.83. The Morgan fingerprint density at radius 1 is 1.22 bits per heavy atom. The molecular weight excluding hydrogens is 308 g/mol. The second-order valence-electron chi connectivity index (χ2n) is 5.05. The van der Waals surface area contributed by atoms with E-state index in [9.17, 15) is 0 Å². The average molecular weight is 338 g/mol. The van der Waals surface area contributed by atoms with Crippen molar-refractivity contribution < 1.29 is 15.1 Å². The number of piperazine rings is 1. The number of benzene rings is 2. The van der Waals surface area contributed by atoms with Gasteiger partial charge in [0, 0.05) is 36.3 Å². The zero-order chi connectivity index (χ0) is 25.5. The quantitative estimate of drug-likeness (QED) is 0.864. The first-order valence-corrected chi connectivity index (χ1v) is 7.22. The van der Waals surface area contributed by atoms with Gasteiger partial charge in [0.2, 0.25) is 0 Å². The predicted molar refractivity (Wildman–Crippen MR) is 94.4 cm³/mol. The van der Waals surface area contributed by atoms with Crippen molar-refractivity contribution in [3.05, 3.63) is 57.9 Å². The van der Waals surface area contributed by atoms with Crippen molar-refractivity contribution in [1.29, 1.82) is 0 Å². The van der Waals surface area contributed by atoms with Crippen LogP contribution >= 0.6 is 11.6 Å². The number of halogens is 1. The lowest BCUT2D eigenvalue weighted by molar-refractivity contribution is 0.206. The van der Waals surface area contributed by atoms with Gasteiger partial charge in [-0.05, 0) is 37.3 Å². The van der Waals surface area contributed by atoms with Crippen LogP contribution in [0.3, 0.4) is 0 Å². The minimum absolute atomic E-state index is 0.230. The molecule has 0 atom stereocenters. The molecule has 0 unspecified atom stereocenters. The number of hydrogen-bond donors (Lipinski definition) is 1. The molecular formula is C18H19ClN4. The summed E-state index contributed by atoms with van der Waals surface area (Å²) >= 11 is 6.07. The molecule has 0 saturated carbocycles. The van der Waals surface area contributed by atoms with Crippen molar-refractivity contribution in [2.75, 3.05) is 38.4 Å². The maximum atomic E-state index is 8.58. The number of rotatable bonds is 1. The van der Waals surface area contributed by atoms with E-state index < -0.39 is 55.3 Å². The highest BCUT2D eigenvalue weighted by atomic mass is 35.5. The van der Waals surface area contributed by atoms with Gasteiger partial charge in [-0.15, -0.1) is 0 Å². The van der Waals surface area contributed by atoms with Gasteiger partial charge in [0.1, 0.15) is 5.82 Å².